The van der Waals surface area contributed by atoms with Crippen molar-refractivity contribution in [3.8, 4) is 0 Å². The Labute approximate surface area is 319 Å². The van der Waals surface area contributed by atoms with E-state index >= 15 is 0 Å². The maximum Gasteiger partial charge on any atom is 2.00 e. The van der Waals surface area contributed by atoms with Gasteiger partial charge in [-0.2, -0.15) is 30.8 Å². The van der Waals surface area contributed by atoms with Crippen LogP contribution in [0.4, 0.5) is 34.1 Å². The Kier molecular flexibility index (Phi) is 20.9. The normalized spacial score (nSPS) is 10.0. The molecule has 0 saturated carbocycles. The summed E-state index contributed by atoms with van der Waals surface area (Å²) in [6, 6.07) is 45.9. The topological polar surface area (TPSA) is 145 Å². The molecule has 0 aliphatic heterocycles. The first-order valence-electron chi connectivity index (χ1n) is 14.7. The Hall–Kier alpha value is -6.06. The van der Waals surface area contributed by atoms with Crippen molar-refractivity contribution in [2.24, 2.45) is 30.4 Å². The molecule has 13 heteroatoms. The fourth-order valence-corrected chi connectivity index (χ4v) is 3.62. The van der Waals surface area contributed by atoms with Gasteiger partial charge in [0.15, 0.2) is 0 Å². The van der Waals surface area contributed by atoms with Crippen LogP contribution in [-0.4, -0.2) is 32.7 Å². The van der Waals surface area contributed by atoms with Crippen LogP contribution in [-0.2, 0) is 19.5 Å². The number of isothiocyanates is 2. The molecular formula is C38H28N10S2Zn. The van der Waals surface area contributed by atoms with E-state index < -0.39 is 0 Å². The summed E-state index contributed by atoms with van der Waals surface area (Å²) >= 11 is 7.40. The average Bonchev–Trinajstić information content (AvgIpc) is 3.18. The Morgan fingerprint density at radius 3 is 0.980 bits per heavy atom. The molecule has 0 spiro atoms. The summed E-state index contributed by atoms with van der Waals surface area (Å²) in [5.74, 6) is 0. The zero-order valence-electron chi connectivity index (χ0n) is 27.2. The molecule has 0 radical (unpaired) electrons. The first-order chi connectivity index (χ1) is 24.6. The summed E-state index contributed by atoms with van der Waals surface area (Å²) < 4.78 is 0. The van der Waals surface area contributed by atoms with Crippen molar-refractivity contribution in [2.45, 2.75) is 0 Å². The van der Waals surface area contributed by atoms with Gasteiger partial charge in [-0.05, 0) is 97.1 Å². The van der Waals surface area contributed by atoms with E-state index in [-0.39, 0.29) is 19.5 Å². The molecule has 0 aliphatic rings. The predicted molar refractivity (Wildman–Crippen MR) is 209 cm³/mol. The van der Waals surface area contributed by atoms with Gasteiger partial charge in [-0.1, -0.05) is 73.0 Å². The second-order valence-corrected chi connectivity index (χ2v) is 9.68. The molecule has 6 aromatic rings. The van der Waals surface area contributed by atoms with Crippen molar-refractivity contribution >= 4 is 81.3 Å². The first kappa shape index (κ1) is 41.1. The first-order valence-corrected chi connectivity index (χ1v) is 15.5. The molecule has 4 aromatic carbocycles. The Morgan fingerprint density at radius 1 is 0.412 bits per heavy atom. The van der Waals surface area contributed by atoms with E-state index in [0.29, 0.717) is 0 Å². The van der Waals surface area contributed by atoms with Crippen LogP contribution in [0.5, 0.6) is 0 Å². The quantitative estimate of drug-likeness (QED) is 0.0659. The molecule has 10 nitrogen and oxygen atoms in total. The van der Waals surface area contributed by atoms with E-state index in [0.717, 1.165) is 45.5 Å². The van der Waals surface area contributed by atoms with Gasteiger partial charge in [0.2, 0.25) is 0 Å². The molecule has 0 amide bonds. The number of hydrogen-bond acceptors (Lipinski definition) is 10. The largest absolute Gasteiger partial charge is 2.00 e. The van der Waals surface area contributed by atoms with Crippen LogP contribution in [0.2, 0.25) is 0 Å². The molecule has 0 N–H and O–H groups in total. The molecule has 0 aliphatic carbocycles. The van der Waals surface area contributed by atoms with E-state index in [4.69, 9.17) is 10.8 Å². The minimum Gasteiger partial charge on any atom is -0.753 e. The van der Waals surface area contributed by atoms with Gasteiger partial charge >= 0.3 is 19.5 Å². The molecule has 0 atom stereocenters. The molecule has 2 heterocycles. The summed E-state index contributed by atoms with van der Waals surface area (Å²) in [4.78, 5) is 17.1. The molecule has 51 heavy (non-hydrogen) atoms. The Balaban J connectivity index is 0.000000301. The number of aliphatic imine (C=N–C) groups is 2. The third-order valence-electron chi connectivity index (χ3n) is 5.84. The summed E-state index contributed by atoms with van der Waals surface area (Å²) in [6.07, 6.45) is 6.96. The number of rotatable bonds is 8. The molecule has 0 fully saturated rings. The van der Waals surface area contributed by atoms with Crippen LogP contribution in [0, 0.1) is 0 Å². The van der Waals surface area contributed by atoms with Gasteiger partial charge in [-0.3, -0.25) is 20.0 Å². The van der Waals surface area contributed by atoms with Gasteiger partial charge in [-0.15, -0.1) is 0 Å². The standard InChI is InChI=1S/2C18H14N4.2CNS.Zn/c2*1-2-6-16(7-3-1)21-22-17-11-9-15(10-12-17)20-14-18-8-4-5-13-19-18;2*2-1-3;/h2*1-14H;;;/q;;2*-1;+2. The average molecular weight is 754 g/mol. The van der Waals surface area contributed by atoms with Gasteiger partial charge in [0.1, 0.15) is 0 Å². The zero-order chi connectivity index (χ0) is 35.5. The van der Waals surface area contributed by atoms with Crippen LogP contribution >= 0.6 is 24.4 Å². The van der Waals surface area contributed by atoms with Gasteiger partial charge in [0.05, 0.1) is 57.9 Å². The van der Waals surface area contributed by atoms with Crippen molar-refractivity contribution in [1.29, 1.82) is 0 Å². The fourth-order valence-electron chi connectivity index (χ4n) is 3.62. The summed E-state index contributed by atoms with van der Waals surface area (Å²) in [5, 5.41) is 33.7. The van der Waals surface area contributed by atoms with Crippen molar-refractivity contribution in [3.63, 3.8) is 0 Å². The number of benzene rings is 4. The number of pyridine rings is 2. The SMILES string of the molecule is C(=Nc1ccc(N=Nc2ccccc2)cc1)c1ccccn1.C(=Nc1ccc(N=Nc2ccccc2)cc1)c1ccccn1.[N-]=C=S.[N-]=C=S.[Zn+2]. The van der Waals surface area contributed by atoms with Crippen LogP contribution < -0.4 is 0 Å². The Bertz CT molecular complexity index is 1730. The van der Waals surface area contributed by atoms with Gasteiger partial charge in [0.25, 0.3) is 0 Å². The third kappa shape index (κ3) is 17.8. The smallest absolute Gasteiger partial charge is 0.753 e. The van der Waals surface area contributed by atoms with Crippen molar-refractivity contribution in [3.05, 3.63) is 180 Å². The molecule has 6 rings (SSSR count). The fraction of sp³-hybridized carbons (Fsp3) is 0. The third-order valence-corrected chi connectivity index (χ3v) is 5.84. The molecule has 0 bridgehead atoms. The van der Waals surface area contributed by atoms with Crippen molar-refractivity contribution < 1.29 is 19.5 Å². The molecule has 244 valence electrons. The van der Waals surface area contributed by atoms with Crippen molar-refractivity contribution in [1.82, 2.24) is 9.97 Å². The predicted octanol–water partition coefficient (Wildman–Crippen LogP) is 11.8. The number of aromatic nitrogens is 2. The number of hydrogen-bond donors (Lipinski definition) is 0. The van der Waals surface area contributed by atoms with E-state index in [1.807, 2.05) is 146 Å². The maximum atomic E-state index is 7.13. The second-order valence-electron chi connectivity index (χ2n) is 9.31. The second kappa shape index (κ2) is 25.9. The summed E-state index contributed by atoms with van der Waals surface area (Å²) in [7, 11) is 0. The number of nitrogens with zero attached hydrogens (tertiary/aromatic N) is 10. The molecular weight excluding hydrogens is 726 g/mol. The number of thiocarbonyl (C=S) groups is 2. The van der Waals surface area contributed by atoms with Crippen molar-refractivity contribution in [2.75, 3.05) is 0 Å². The van der Waals surface area contributed by atoms with E-state index in [1.165, 1.54) is 10.3 Å². The van der Waals surface area contributed by atoms with E-state index in [9.17, 15) is 0 Å². The molecule has 0 saturated heterocycles. The van der Waals surface area contributed by atoms with Crippen LogP contribution in [0.25, 0.3) is 10.8 Å². The molecule has 0 unspecified atom stereocenters. The van der Waals surface area contributed by atoms with Gasteiger partial charge in [0, 0.05) is 12.4 Å². The Morgan fingerprint density at radius 2 is 0.686 bits per heavy atom. The van der Waals surface area contributed by atoms with E-state index in [1.54, 1.807) is 24.8 Å². The van der Waals surface area contributed by atoms with Gasteiger partial charge in [-0.25, -0.2) is 0 Å². The van der Waals surface area contributed by atoms with Gasteiger partial charge < -0.3 is 10.8 Å². The summed E-state index contributed by atoms with van der Waals surface area (Å²) in [5.41, 5.74) is 6.61. The van der Waals surface area contributed by atoms with Crippen LogP contribution in [0.3, 0.4) is 0 Å². The number of azo groups is 2. The van der Waals surface area contributed by atoms with Crippen LogP contribution in [0.1, 0.15) is 11.4 Å². The minimum absolute atomic E-state index is 0. The zero-order valence-corrected chi connectivity index (χ0v) is 31.8. The van der Waals surface area contributed by atoms with E-state index in [2.05, 4.69) is 64.8 Å². The van der Waals surface area contributed by atoms with Crippen LogP contribution in [0.15, 0.2) is 188 Å². The monoisotopic (exact) mass is 752 g/mol. The summed E-state index contributed by atoms with van der Waals surface area (Å²) in [6.45, 7) is 0. The minimum atomic E-state index is 0. The molecule has 2 aromatic heterocycles. The maximum absolute atomic E-state index is 7.13.